The van der Waals surface area contributed by atoms with E-state index in [1.807, 2.05) is 23.6 Å². The van der Waals surface area contributed by atoms with Gasteiger partial charge in [0, 0.05) is 34.3 Å². The van der Waals surface area contributed by atoms with Crippen molar-refractivity contribution < 1.29 is 5.11 Å². The molecule has 5 N–H and O–H groups in total. The van der Waals surface area contributed by atoms with E-state index in [1.165, 1.54) is 0 Å². The first kappa shape index (κ1) is 19.6. The number of aromatic hydroxyl groups is 1. The predicted molar refractivity (Wildman–Crippen MR) is 116 cm³/mol. The van der Waals surface area contributed by atoms with Gasteiger partial charge in [0.05, 0.1) is 6.33 Å². The summed E-state index contributed by atoms with van der Waals surface area (Å²) in [5.74, 6) is 1.36. The van der Waals surface area contributed by atoms with Crippen molar-refractivity contribution in [3.8, 4) is 5.75 Å². The van der Waals surface area contributed by atoms with Crippen molar-refractivity contribution in [1.29, 1.82) is 0 Å². The quantitative estimate of drug-likeness (QED) is 0.384. The molecule has 3 rings (SSSR count). The number of nitrogens with one attached hydrogen (secondary N) is 2. The van der Waals surface area contributed by atoms with Gasteiger partial charge in [0.1, 0.15) is 5.75 Å². The minimum Gasteiger partial charge on any atom is -0.508 e. The molecule has 2 heterocycles. The molecule has 0 radical (unpaired) electrons. The van der Waals surface area contributed by atoms with Crippen LogP contribution in [0.15, 0.2) is 24.5 Å². The smallest absolute Gasteiger partial charge is 0.226 e. The maximum Gasteiger partial charge on any atom is 0.226 e. The van der Waals surface area contributed by atoms with Crippen LogP contribution in [0.5, 0.6) is 5.75 Å². The van der Waals surface area contributed by atoms with E-state index in [2.05, 4.69) is 62.0 Å². The molecule has 144 valence electrons. The third-order valence-corrected chi connectivity index (χ3v) is 4.72. The lowest BCUT2D eigenvalue weighted by atomic mass is 10.2. The Hall–Kier alpha value is -2.14. The van der Waals surface area contributed by atoms with E-state index in [1.54, 1.807) is 12.4 Å². The van der Waals surface area contributed by atoms with Gasteiger partial charge < -0.3 is 26.0 Å². The third-order valence-electron chi connectivity index (χ3n) is 4.05. The number of hydrogen-bond acceptors (Lipinski definition) is 7. The van der Waals surface area contributed by atoms with Gasteiger partial charge in [0.15, 0.2) is 17.0 Å². The van der Waals surface area contributed by atoms with Gasteiger partial charge >= 0.3 is 0 Å². The minimum atomic E-state index is -0.0148. The van der Waals surface area contributed by atoms with Gasteiger partial charge in [0.2, 0.25) is 5.95 Å². The fourth-order valence-corrected chi connectivity index (χ4v) is 3.18. The SMILES string of the molecule is CC(N)CNc1nc(NCc2cc(I)ccc2O)c2ncn(C(C)C)c2n1. The van der Waals surface area contributed by atoms with E-state index in [0.717, 1.165) is 14.8 Å². The Morgan fingerprint density at radius 2 is 2.00 bits per heavy atom. The first-order valence-corrected chi connectivity index (χ1v) is 9.88. The van der Waals surface area contributed by atoms with Crippen molar-refractivity contribution in [2.75, 3.05) is 17.2 Å². The van der Waals surface area contributed by atoms with Gasteiger partial charge in [-0.1, -0.05) is 0 Å². The fourth-order valence-electron chi connectivity index (χ4n) is 2.62. The molecule has 0 saturated heterocycles. The number of rotatable bonds is 7. The molecule has 8 nitrogen and oxygen atoms in total. The predicted octanol–water partition coefficient (Wildman–Crippen LogP) is 3.09. The van der Waals surface area contributed by atoms with Gasteiger partial charge in [-0.15, -0.1) is 0 Å². The van der Waals surface area contributed by atoms with Crippen molar-refractivity contribution in [3.63, 3.8) is 0 Å². The summed E-state index contributed by atoms with van der Waals surface area (Å²) in [5.41, 5.74) is 8.07. The summed E-state index contributed by atoms with van der Waals surface area (Å²) in [6, 6.07) is 5.70. The van der Waals surface area contributed by atoms with Crippen LogP contribution in [-0.4, -0.2) is 37.2 Å². The molecule has 3 aromatic rings. The second kappa shape index (κ2) is 8.26. The molecule has 9 heteroatoms. The first-order chi connectivity index (χ1) is 12.8. The average molecular weight is 481 g/mol. The van der Waals surface area contributed by atoms with E-state index in [9.17, 15) is 5.11 Å². The summed E-state index contributed by atoms with van der Waals surface area (Å²) in [6.45, 7) is 7.07. The number of hydrogen-bond donors (Lipinski definition) is 4. The zero-order valence-electron chi connectivity index (χ0n) is 15.6. The average Bonchev–Trinajstić information content (AvgIpc) is 3.04. The number of benzene rings is 1. The second-order valence-electron chi connectivity index (χ2n) is 6.80. The molecule has 27 heavy (non-hydrogen) atoms. The van der Waals surface area contributed by atoms with Crippen LogP contribution < -0.4 is 16.4 Å². The number of halogens is 1. The molecule has 0 spiro atoms. The van der Waals surface area contributed by atoms with Crippen LogP contribution >= 0.6 is 22.6 Å². The Bertz CT molecular complexity index is 939. The number of nitrogens with zero attached hydrogens (tertiary/aromatic N) is 4. The highest BCUT2D eigenvalue weighted by molar-refractivity contribution is 14.1. The van der Waals surface area contributed by atoms with Crippen LogP contribution in [0.1, 0.15) is 32.4 Å². The topological polar surface area (TPSA) is 114 Å². The molecule has 0 aliphatic heterocycles. The maximum absolute atomic E-state index is 10.1. The van der Waals surface area contributed by atoms with E-state index in [-0.39, 0.29) is 17.8 Å². The number of nitrogens with two attached hydrogens (primary N) is 1. The van der Waals surface area contributed by atoms with Crippen LogP contribution in [0.4, 0.5) is 11.8 Å². The van der Waals surface area contributed by atoms with Crippen molar-refractivity contribution >= 4 is 45.5 Å². The van der Waals surface area contributed by atoms with Crippen molar-refractivity contribution in [2.45, 2.75) is 39.4 Å². The summed E-state index contributed by atoms with van der Waals surface area (Å²) >= 11 is 2.22. The molecular weight excluding hydrogens is 457 g/mol. The minimum absolute atomic E-state index is 0.0148. The molecule has 2 aromatic heterocycles. The number of imidazole rings is 1. The van der Waals surface area contributed by atoms with Gasteiger partial charge in [0.25, 0.3) is 0 Å². The molecule has 0 saturated carbocycles. The summed E-state index contributed by atoms with van der Waals surface area (Å²) in [5, 5.41) is 16.5. The molecule has 1 unspecified atom stereocenters. The van der Waals surface area contributed by atoms with Gasteiger partial charge in [-0.25, -0.2) is 4.98 Å². The van der Waals surface area contributed by atoms with Crippen LogP contribution in [0.3, 0.4) is 0 Å². The summed E-state index contributed by atoms with van der Waals surface area (Å²) in [6.07, 6.45) is 1.77. The third kappa shape index (κ3) is 4.59. The Morgan fingerprint density at radius 3 is 2.70 bits per heavy atom. The van der Waals surface area contributed by atoms with E-state index in [4.69, 9.17) is 5.73 Å². The number of fused-ring (bicyclic) bond motifs is 1. The van der Waals surface area contributed by atoms with Gasteiger partial charge in [-0.2, -0.15) is 9.97 Å². The monoisotopic (exact) mass is 481 g/mol. The Labute approximate surface area is 171 Å². The summed E-state index contributed by atoms with van der Waals surface area (Å²) < 4.78 is 3.06. The maximum atomic E-state index is 10.1. The van der Waals surface area contributed by atoms with Crippen LogP contribution in [0, 0.1) is 3.57 Å². The Balaban J connectivity index is 1.95. The van der Waals surface area contributed by atoms with Gasteiger partial charge in [-0.05, 0) is 61.6 Å². The molecular formula is C18H24IN7O. The molecule has 0 amide bonds. The Kier molecular flexibility index (Phi) is 6.00. The highest BCUT2D eigenvalue weighted by atomic mass is 127. The van der Waals surface area contributed by atoms with Crippen LogP contribution in [0.25, 0.3) is 11.2 Å². The lowest BCUT2D eigenvalue weighted by Crippen LogP contribution is -2.26. The zero-order valence-corrected chi connectivity index (χ0v) is 17.7. The van der Waals surface area contributed by atoms with Crippen molar-refractivity contribution in [2.24, 2.45) is 5.73 Å². The number of aromatic nitrogens is 4. The molecule has 1 atom stereocenters. The van der Waals surface area contributed by atoms with E-state index >= 15 is 0 Å². The Morgan fingerprint density at radius 1 is 1.22 bits per heavy atom. The summed E-state index contributed by atoms with van der Waals surface area (Å²) in [7, 11) is 0. The second-order valence-corrected chi connectivity index (χ2v) is 8.04. The van der Waals surface area contributed by atoms with Crippen LogP contribution in [-0.2, 0) is 6.54 Å². The van der Waals surface area contributed by atoms with Crippen molar-refractivity contribution in [3.05, 3.63) is 33.7 Å². The largest absolute Gasteiger partial charge is 0.508 e. The molecule has 0 aliphatic rings. The summed E-state index contributed by atoms with van der Waals surface area (Å²) in [4.78, 5) is 13.7. The lowest BCUT2D eigenvalue weighted by molar-refractivity contribution is 0.469. The standard InChI is InChI=1S/C18H24IN7O/c1-10(2)26-9-23-15-16(21-8-12-6-13(19)4-5-14(12)27)24-18(25-17(15)26)22-7-11(3)20/h4-6,9-11,27H,7-8,20H2,1-3H3,(H2,21,22,24,25). The van der Waals surface area contributed by atoms with Crippen molar-refractivity contribution in [1.82, 2.24) is 19.5 Å². The van der Waals surface area contributed by atoms with Gasteiger partial charge in [-0.3, -0.25) is 0 Å². The van der Waals surface area contributed by atoms with E-state index < -0.39 is 0 Å². The first-order valence-electron chi connectivity index (χ1n) is 8.80. The molecule has 1 aromatic carbocycles. The normalized spacial score (nSPS) is 12.5. The molecule has 0 fully saturated rings. The molecule has 0 bridgehead atoms. The van der Waals surface area contributed by atoms with E-state index in [0.29, 0.717) is 30.4 Å². The van der Waals surface area contributed by atoms with Crippen LogP contribution in [0.2, 0.25) is 0 Å². The zero-order chi connectivity index (χ0) is 19.6. The highest BCUT2D eigenvalue weighted by Crippen LogP contribution is 2.25. The number of phenols is 1. The number of anilines is 2. The molecule has 0 aliphatic carbocycles. The fraction of sp³-hybridized carbons (Fsp3) is 0.389. The highest BCUT2D eigenvalue weighted by Gasteiger charge is 2.15. The number of phenolic OH excluding ortho intramolecular Hbond substituents is 1. The lowest BCUT2D eigenvalue weighted by Gasteiger charge is -2.13.